The molecular formula is C10H15NO3S. The minimum absolute atomic E-state index is 0.123. The second-order valence-electron chi connectivity index (χ2n) is 3.88. The van der Waals surface area contributed by atoms with Crippen molar-refractivity contribution in [2.24, 2.45) is 11.8 Å². The summed E-state index contributed by atoms with van der Waals surface area (Å²) >= 11 is 1.30. The molecule has 2 atom stereocenters. The second-order valence-corrected chi connectivity index (χ2v) is 4.77. The first-order chi connectivity index (χ1) is 6.93. The predicted molar refractivity (Wildman–Crippen MR) is 57.8 cm³/mol. The molecule has 2 unspecified atom stereocenters. The number of nitrogens with zero attached hydrogens (tertiary/aromatic N) is 1. The van der Waals surface area contributed by atoms with Crippen LogP contribution in [0.15, 0.2) is 5.38 Å². The molecule has 84 valence electrons. The Kier molecular flexibility index (Phi) is 3.82. The Labute approximate surface area is 92.6 Å². The van der Waals surface area contributed by atoms with Crippen molar-refractivity contribution in [3.05, 3.63) is 16.1 Å². The maximum absolute atomic E-state index is 11.0. The molecule has 0 aliphatic rings. The third-order valence-electron chi connectivity index (χ3n) is 2.23. The van der Waals surface area contributed by atoms with Crippen LogP contribution in [-0.4, -0.2) is 21.2 Å². The van der Waals surface area contributed by atoms with E-state index in [0.717, 1.165) is 5.69 Å². The second kappa shape index (κ2) is 4.72. The van der Waals surface area contributed by atoms with Gasteiger partial charge in [-0.2, -0.15) is 0 Å². The van der Waals surface area contributed by atoms with E-state index < -0.39 is 18.0 Å². The Bertz CT molecular complexity index is 348. The van der Waals surface area contributed by atoms with E-state index in [1.165, 1.54) is 11.3 Å². The lowest BCUT2D eigenvalue weighted by molar-refractivity contribution is -0.148. The van der Waals surface area contributed by atoms with Gasteiger partial charge in [0.25, 0.3) is 0 Å². The van der Waals surface area contributed by atoms with Crippen molar-refractivity contribution in [3.63, 3.8) is 0 Å². The van der Waals surface area contributed by atoms with Crippen molar-refractivity contribution < 1.29 is 15.0 Å². The van der Waals surface area contributed by atoms with Gasteiger partial charge in [-0.1, -0.05) is 13.8 Å². The fraction of sp³-hybridized carbons (Fsp3) is 0.600. The van der Waals surface area contributed by atoms with Gasteiger partial charge in [0.2, 0.25) is 0 Å². The quantitative estimate of drug-likeness (QED) is 0.826. The fourth-order valence-electron chi connectivity index (χ4n) is 1.45. The van der Waals surface area contributed by atoms with E-state index in [2.05, 4.69) is 4.98 Å². The molecule has 0 bridgehead atoms. The number of carboxylic acid groups (broad SMARTS) is 1. The molecule has 0 saturated heterocycles. The van der Waals surface area contributed by atoms with E-state index in [1.54, 1.807) is 19.2 Å². The number of aromatic nitrogens is 1. The number of thiazole rings is 1. The molecule has 0 saturated carbocycles. The molecule has 0 radical (unpaired) electrons. The molecule has 0 amide bonds. The summed E-state index contributed by atoms with van der Waals surface area (Å²) in [5.41, 5.74) is 0.807. The van der Waals surface area contributed by atoms with Crippen molar-refractivity contribution >= 4 is 17.3 Å². The minimum Gasteiger partial charge on any atom is -0.481 e. The van der Waals surface area contributed by atoms with E-state index in [0.29, 0.717) is 5.01 Å². The van der Waals surface area contributed by atoms with Crippen molar-refractivity contribution in [2.45, 2.75) is 26.9 Å². The zero-order valence-electron chi connectivity index (χ0n) is 8.97. The monoisotopic (exact) mass is 229 g/mol. The van der Waals surface area contributed by atoms with Gasteiger partial charge in [0.05, 0.1) is 5.92 Å². The predicted octanol–water partition coefficient (Wildman–Crippen LogP) is 1.84. The lowest BCUT2D eigenvalue weighted by atomic mass is 9.90. The van der Waals surface area contributed by atoms with Gasteiger partial charge in [0.15, 0.2) is 0 Å². The lowest BCUT2D eigenvalue weighted by Gasteiger charge is -2.20. The molecular weight excluding hydrogens is 214 g/mol. The van der Waals surface area contributed by atoms with Crippen LogP contribution < -0.4 is 0 Å². The van der Waals surface area contributed by atoms with Gasteiger partial charge in [0, 0.05) is 11.1 Å². The molecule has 4 nitrogen and oxygen atoms in total. The number of aryl methyl sites for hydroxylation is 1. The van der Waals surface area contributed by atoms with Crippen LogP contribution in [0.4, 0.5) is 0 Å². The van der Waals surface area contributed by atoms with E-state index in [9.17, 15) is 9.90 Å². The molecule has 5 heteroatoms. The highest BCUT2D eigenvalue weighted by molar-refractivity contribution is 7.09. The number of aliphatic hydroxyl groups is 1. The average Bonchev–Trinajstić information content (AvgIpc) is 2.50. The first-order valence-corrected chi connectivity index (χ1v) is 5.64. The molecule has 15 heavy (non-hydrogen) atoms. The van der Waals surface area contributed by atoms with E-state index in [-0.39, 0.29) is 5.92 Å². The van der Waals surface area contributed by atoms with Crippen molar-refractivity contribution in [2.75, 3.05) is 0 Å². The van der Waals surface area contributed by atoms with Gasteiger partial charge in [-0.3, -0.25) is 4.79 Å². The van der Waals surface area contributed by atoms with Gasteiger partial charge in [0.1, 0.15) is 11.1 Å². The molecule has 1 aromatic rings. The Hall–Kier alpha value is -0.940. The Morgan fingerprint density at radius 2 is 2.13 bits per heavy atom. The number of aliphatic carboxylic acids is 1. The van der Waals surface area contributed by atoms with E-state index >= 15 is 0 Å². The minimum atomic E-state index is -1.01. The van der Waals surface area contributed by atoms with Crippen molar-refractivity contribution in [3.8, 4) is 0 Å². The van der Waals surface area contributed by atoms with Crippen LogP contribution in [0.2, 0.25) is 0 Å². The van der Waals surface area contributed by atoms with Crippen LogP contribution in [0.25, 0.3) is 0 Å². The number of aliphatic hydroxyl groups excluding tert-OH is 1. The zero-order valence-corrected chi connectivity index (χ0v) is 9.78. The summed E-state index contributed by atoms with van der Waals surface area (Å²) in [6.07, 6.45) is -1.01. The van der Waals surface area contributed by atoms with Gasteiger partial charge in [-0.25, -0.2) is 4.98 Å². The molecule has 0 spiro atoms. The summed E-state index contributed by atoms with van der Waals surface area (Å²) in [7, 11) is 0. The zero-order chi connectivity index (χ0) is 11.6. The van der Waals surface area contributed by atoms with Crippen molar-refractivity contribution in [1.29, 1.82) is 0 Å². The van der Waals surface area contributed by atoms with Gasteiger partial charge in [-0.05, 0) is 12.8 Å². The van der Waals surface area contributed by atoms with Crippen LogP contribution in [-0.2, 0) is 4.79 Å². The molecule has 0 aliphatic carbocycles. The maximum Gasteiger partial charge on any atom is 0.309 e. The van der Waals surface area contributed by atoms with Gasteiger partial charge < -0.3 is 10.2 Å². The Morgan fingerprint density at radius 3 is 2.47 bits per heavy atom. The smallest absolute Gasteiger partial charge is 0.309 e. The molecule has 0 aliphatic heterocycles. The van der Waals surface area contributed by atoms with Crippen molar-refractivity contribution in [1.82, 2.24) is 4.98 Å². The lowest BCUT2D eigenvalue weighted by Crippen LogP contribution is -2.26. The molecule has 1 aromatic heterocycles. The van der Waals surface area contributed by atoms with Gasteiger partial charge >= 0.3 is 5.97 Å². The Balaban J connectivity index is 2.90. The number of carboxylic acids is 1. The standard InChI is InChI=1S/C10H15NO3S/c1-5(2)7(10(13)14)8(12)9-11-6(3)4-15-9/h4-5,7-8,12H,1-3H3,(H,13,14). The number of rotatable bonds is 4. The Morgan fingerprint density at radius 1 is 1.53 bits per heavy atom. The largest absolute Gasteiger partial charge is 0.481 e. The normalized spacial score (nSPS) is 15.3. The highest BCUT2D eigenvalue weighted by atomic mass is 32.1. The number of carbonyl (C=O) groups is 1. The van der Waals surface area contributed by atoms with E-state index in [4.69, 9.17) is 5.11 Å². The summed E-state index contributed by atoms with van der Waals surface area (Å²) in [5, 5.41) is 21.2. The number of hydrogen-bond donors (Lipinski definition) is 2. The molecule has 2 N–H and O–H groups in total. The molecule has 1 rings (SSSR count). The van der Waals surface area contributed by atoms with Crippen LogP contribution in [0.3, 0.4) is 0 Å². The van der Waals surface area contributed by atoms with Gasteiger partial charge in [-0.15, -0.1) is 11.3 Å². The highest BCUT2D eigenvalue weighted by Gasteiger charge is 2.32. The van der Waals surface area contributed by atoms with Crippen LogP contribution in [0.5, 0.6) is 0 Å². The maximum atomic E-state index is 11.0. The fourth-order valence-corrected chi connectivity index (χ4v) is 2.27. The summed E-state index contributed by atoms with van der Waals surface area (Å²) in [6, 6.07) is 0. The summed E-state index contributed by atoms with van der Waals surface area (Å²) in [5.74, 6) is -1.90. The number of hydrogen-bond acceptors (Lipinski definition) is 4. The average molecular weight is 229 g/mol. The molecule has 0 fully saturated rings. The summed E-state index contributed by atoms with van der Waals surface area (Å²) in [6.45, 7) is 5.38. The SMILES string of the molecule is Cc1csc(C(O)C(C(=O)O)C(C)C)n1. The topological polar surface area (TPSA) is 70.4 Å². The van der Waals surface area contributed by atoms with Crippen LogP contribution >= 0.6 is 11.3 Å². The molecule has 1 heterocycles. The first kappa shape index (κ1) is 12.1. The first-order valence-electron chi connectivity index (χ1n) is 4.76. The summed E-state index contributed by atoms with van der Waals surface area (Å²) < 4.78 is 0. The van der Waals surface area contributed by atoms with Crippen LogP contribution in [0, 0.1) is 18.8 Å². The third kappa shape index (κ3) is 2.76. The highest BCUT2D eigenvalue weighted by Crippen LogP contribution is 2.30. The third-order valence-corrected chi connectivity index (χ3v) is 3.27. The van der Waals surface area contributed by atoms with E-state index in [1.807, 2.05) is 6.92 Å². The molecule has 0 aromatic carbocycles. The van der Waals surface area contributed by atoms with Crippen LogP contribution in [0.1, 0.15) is 30.7 Å². The summed E-state index contributed by atoms with van der Waals surface area (Å²) in [4.78, 5) is 15.1.